The molecule has 0 bridgehead atoms. The summed E-state index contributed by atoms with van der Waals surface area (Å²) in [6, 6.07) is 11.8. The molecule has 2 N–H and O–H groups in total. The molecule has 2 aromatic carbocycles. The maximum Gasteiger partial charge on any atom is 0.526 e. The van der Waals surface area contributed by atoms with Gasteiger partial charge >= 0.3 is 7.12 Å². The zero-order valence-electron chi connectivity index (χ0n) is 20.5. The molecule has 6 aromatic rings. The zero-order valence-corrected chi connectivity index (χ0v) is 26.1. The van der Waals surface area contributed by atoms with Gasteiger partial charge in [-0.15, -0.1) is 0 Å². The van der Waals surface area contributed by atoms with Crippen molar-refractivity contribution < 1.29 is 18.9 Å². The molecule has 0 aliphatic heterocycles. The van der Waals surface area contributed by atoms with Crippen molar-refractivity contribution in [3.05, 3.63) is 72.6 Å². The third-order valence-electron chi connectivity index (χ3n) is 5.46. The molecule has 0 aliphatic carbocycles. The van der Waals surface area contributed by atoms with Crippen molar-refractivity contribution in [2.24, 2.45) is 0 Å². The second kappa shape index (κ2) is 12.4. The van der Waals surface area contributed by atoms with Crippen LogP contribution >= 0.6 is 66.5 Å². The van der Waals surface area contributed by atoms with Crippen LogP contribution in [0.25, 0.3) is 32.7 Å². The lowest BCUT2D eigenvalue weighted by Gasteiger charge is -1.96. The highest BCUT2D eigenvalue weighted by atomic mass is 79.9. The first-order valence-corrected chi connectivity index (χ1v) is 14.5. The first-order chi connectivity index (χ1) is 18.0. The quantitative estimate of drug-likeness (QED) is 0.186. The van der Waals surface area contributed by atoms with Crippen LogP contribution in [0.15, 0.2) is 54.7 Å². The van der Waals surface area contributed by atoms with Gasteiger partial charge in [-0.3, -0.25) is 0 Å². The van der Waals surface area contributed by atoms with Crippen molar-refractivity contribution >= 4 is 101 Å². The van der Waals surface area contributed by atoms with E-state index in [9.17, 15) is 0 Å². The van der Waals surface area contributed by atoms with E-state index in [1.165, 1.54) is 17.1 Å². The number of rotatable bonds is 2. The Balaban J connectivity index is 0.000000144. The Morgan fingerprint density at radius 1 is 0.763 bits per heavy atom. The summed E-state index contributed by atoms with van der Waals surface area (Å²) in [4.78, 5) is 7.97. The van der Waals surface area contributed by atoms with Crippen molar-refractivity contribution in [1.29, 1.82) is 0 Å². The molecule has 0 atom stereocenters. The fourth-order valence-electron chi connectivity index (χ4n) is 3.53. The summed E-state index contributed by atoms with van der Waals surface area (Å²) >= 11 is 14.1. The molecule has 4 aromatic heterocycles. The Hall–Kier alpha value is -2.13. The predicted molar refractivity (Wildman–Crippen MR) is 160 cm³/mol. The van der Waals surface area contributed by atoms with Crippen LogP contribution in [0.4, 0.5) is 0 Å². The minimum Gasteiger partial charge on any atom is -0.464 e. The fraction of sp³-hybridized carbons (Fsp3) is 0.167. The summed E-state index contributed by atoms with van der Waals surface area (Å²) in [6.45, 7) is 8.02. The van der Waals surface area contributed by atoms with Gasteiger partial charge in [0.1, 0.15) is 16.8 Å². The standard InChI is InChI=1S/C12H9BrN2OS.C10H11BO3.C2BrClN2S/c1-6-3-4-7(2)10-8(6)5-9(16-10)11-14-12(13)15-17-11;1-6-3-4-7(2)10-8(6)5-9(14-10)11(12)13;3-1-5-2(4)7-6-1/h3-5H,1-2H3;3-5,12-13H,1-2H3;. The van der Waals surface area contributed by atoms with Gasteiger partial charge in [0.25, 0.3) is 0 Å². The van der Waals surface area contributed by atoms with E-state index >= 15 is 0 Å². The van der Waals surface area contributed by atoms with Crippen LogP contribution in [0.1, 0.15) is 22.3 Å². The molecule has 6 rings (SSSR count). The minimum atomic E-state index is -1.54. The summed E-state index contributed by atoms with van der Waals surface area (Å²) in [5, 5.41) is 20.8. The molecule has 38 heavy (non-hydrogen) atoms. The van der Waals surface area contributed by atoms with E-state index in [1.807, 2.05) is 39.0 Å². The van der Waals surface area contributed by atoms with Crippen LogP contribution in [0.3, 0.4) is 0 Å². The normalized spacial score (nSPS) is 10.8. The molecule has 0 unspecified atom stereocenters. The number of furan rings is 2. The van der Waals surface area contributed by atoms with Gasteiger partial charge < -0.3 is 18.9 Å². The molecular formula is C24H20BBr2ClN4O4S2. The van der Waals surface area contributed by atoms with Crippen molar-refractivity contribution in [1.82, 2.24) is 18.7 Å². The molecule has 196 valence electrons. The lowest BCUT2D eigenvalue weighted by molar-refractivity contribution is 0.412. The largest absolute Gasteiger partial charge is 0.526 e. The number of hydrogen-bond donors (Lipinski definition) is 2. The van der Waals surface area contributed by atoms with Crippen LogP contribution < -0.4 is 5.66 Å². The Bertz CT molecular complexity index is 1620. The van der Waals surface area contributed by atoms with E-state index in [1.54, 1.807) is 6.07 Å². The number of halogens is 3. The van der Waals surface area contributed by atoms with E-state index in [2.05, 4.69) is 69.6 Å². The lowest BCUT2D eigenvalue weighted by Crippen LogP contribution is -2.27. The van der Waals surface area contributed by atoms with E-state index in [-0.39, 0.29) is 5.66 Å². The van der Waals surface area contributed by atoms with Crippen molar-refractivity contribution in [3.8, 4) is 10.8 Å². The van der Waals surface area contributed by atoms with Crippen molar-refractivity contribution in [3.63, 3.8) is 0 Å². The Morgan fingerprint density at radius 3 is 1.71 bits per heavy atom. The van der Waals surface area contributed by atoms with Crippen LogP contribution in [-0.4, -0.2) is 35.9 Å². The Kier molecular flexibility index (Phi) is 9.40. The Labute approximate surface area is 248 Å². The van der Waals surface area contributed by atoms with Crippen molar-refractivity contribution in [2.75, 3.05) is 0 Å². The second-order valence-corrected chi connectivity index (χ2v) is 11.7. The second-order valence-electron chi connectivity index (χ2n) is 8.20. The third kappa shape index (κ3) is 6.71. The number of benzene rings is 2. The van der Waals surface area contributed by atoms with Crippen LogP contribution in [0, 0.1) is 27.7 Å². The number of aryl methyl sites for hydroxylation is 4. The smallest absolute Gasteiger partial charge is 0.464 e. The fourth-order valence-corrected chi connectivity index (χ4v) is 5.68. The van der Waals surface area contributed by atoms with Gasteiger partial charge in [0.2, 0.25) is 13.9 Å². The van der Waals surface area contributed by atoms with Crippen LogP contribution in [0.5, 0.6) is 0 Å². The van der Waals surface area contributed by atoms with E-state index < -0.39 is 7.12 Å². The molecule has 0 saturated heterocycles. The highest BCUT2D eigenvalue weighted by Gasteiger charge is 2.18. The maximum absolute atomic E-state index is 8.97. The number of nitrogens with zero attached hydrogens (tertiary/aromatic N) is 4. The first-order valence-electron chi connectivity index (χ1n) is 11.0. The SMILES string of the molecule is Cc1ccc(C)c2oc(-c3nc(Br)ns3)cc12.Cc1ccc(C)c2oc(B(O)O)cc12.Clc1nc(Br)ns1. The molecule has 8 nitrogen and oxygen atoms in total. The van der Waals surface area contributed by atoms with Gasteiger partial charge in [0, 0.05) is 10.8 Å². The number of aromatic nitrogens is 4. The average Bonchev–Trinajstić information content (AvgIpc) is 3.66. The van der Waals surface area contributed by atoms with E-state index in [4.69, 9.17) is 30.5 Å². The summed E-state index contributed by atoms with van der Waals surface area (Å²) in [6.07, 6.45) is 0. The van der Waals surface area contributed by atoms with Gasteiger partial charge in [-0.1, -0.05) is 24.3 Å². The molecule has 14 heteroatoms. The summed E-state index contributed by atoms with van der Waals surface area (Å²) in [5.74, 6) is 0.778. The summed E-state index contributed by atoms with van der Waals surface area (Å²) in [5.41, 5.74) is 6.28. The van der Waals surface area contributed by atoms with Crippen LogP contribution in [-0.2, 0) is 0 Å². The van der Waals surface area contributed by atoms with Gasteiger partial charge in [-0.2, -0.15) is 13.7 Å². The van der Waals surface area contributed by atoms with Crippen molar-refractivity contribution in [2.45, 2.75) is 27.7 Å². The summed E-state index contributed by atoms with van der Waals surface area (Å²) in [7, 11) is -1.54. The molecule has 0 fully saturated rings. The highest BCUT2D eigenvalue weighted by molar-refractivity contribution is 9.10. The van der Waals surface area contributed by atoms with Gasteiger partial charge in [0.15, 0.2) is 10.8 Å². The summed E-state index contributed by atoms with van der Waals surface area (Å²) < 4.78 is 20.7. The first kappa shape index (κ1) is 28.9. The monoisotopic (exact) mass is 696 g/mol. The average molecular weight is 699 g/mol. The zero-order chi connectivity index (χ0) is 27.6. The van der Waals surface area contributed by atoms with Gasteiger partial charge in [-0.05, 0) is 129 Å². The highest BCUT2D eigenvalue weighted by Crippen LogP contribution is 2.33. The minimum absolute atomic E-state index is 0.192. The number of fused-ring (bicyclic) bond motifs is 2. The Morgan fingerprint density at radius 2 is 1.29 bits per heavy atom. The molecule has 0 spiro atoms. The van der Waals surface area contributed by atoms with E-state index in [0.29, 0.717) is 13.9 Å². The molecule has 0 amide bonds. The molecular weight excluding hydrogens is 678 g/mol. The number of hydrogen-bond acceptors (Lipinski definition) is 10. The topological polar surface area (TPSA) is 118 Å². The lowest BCUT2D eigenvalue weighted by atomic mass is 9.87. The molecule has 4 heterocycles. The van der Waals surface area contributed by atoms with Gasteiger partial charge in [0.05, 0.1) is 0 Å². The maximum atomic E-state index is 8.97. The molecule has 0 radical (unpaired) electrons. The molecule has 0 aliphatic rings. The third-order valence-corrected chi connectivity index (χ3v) is 8.16. The van der Waals surface area contributed by atoms with E-state index in [0.717, 1.165) is 60.9 Å². The van der Waals surface area contributed by atoms with Gasteiger partial charge in [-0.25, -0.2) is 4.98 Å². The predicted octanol–water partition coefficient (Wildman–Crippen LogP) is 7.01. The van der Waals surface area contributed by atoms with Crippen LogP contribution in [0.2, 0.25) is 4.47 Å². The molecule has 0 saturated carbocycles.